The molecule has 0 saturated carbocycles. The quantitative estimate of drug-likeness (QED) is 0.799. The van der Waals surface area contributed by atoms with Gasteiger partial charge in [0.15, 0.2) is 0 Å². The van der Waals surface area contributed by atoms with Crippen LogP contribution in [0.5, 0.6) is 5.75 Å². The van der Waals surface area contributed by atoms with Crippen molar-refractivity contribution in [2.75, 3.05) is 6.61 Å². The normalized spacial score (nSPS) is 11.3. The molecule has 0 atom stereocenters. The fraction of sp³-hybridized carbons (Fsp3) is 0.600. The first kappa shape index (κ1) is 15.0. The number of hydrogen-bond donors (Lipinski definition) is 1. The summed E-state index contributed by atoms with van der Waals surface area (Å²) in [5.41, 5.74) is 0.882. The van der Waals surface area contributed by atoms with E-state index in [4.69, 9.17) is 4.74 Å². The van der Waals surface area contributed by atoms with Crippen LogP contribution in [0.2, 0.25) is 0 Å². The fourth-order valence-corrected chi connectivity index (χ4v) is 1.55. The highest BCUT2D eigenvalue weighted by Crippen LogP contribution is 2.20. The molecule has 0 spiro atoms. The second-order valence-electron chi connectivity index (χ2n) is 5.32. The summed E-state index contributed by atoms with van der Waals surface area (Å²) in [6, 6.07) is 5.08. The van der Waals surface area contributed by atoms with Crippen molar-refractivity contribution in [3.8, 4) is 5.75 Å². The van der Waals surface area contributed by atoms with Crippen molar-refractivity contribution in [3.05, 3.63) is 29.6 Å². The summed E-state index contributed by atoms with van der Waals surface area (Å²) in [5.74, 6) is 1.18. The van der Waals surface area contributed by atoms with Gasteiger partial charge >= 0.3 is 0 Å². The molecule has 0 unspecified atom stereocenters. The summed E-state index contributed by atoms with van der Waals surface area (Å²) >= 11 is 0. The maximum atomic E-state index is 13.2. The molecule has 3 heteroatoms. The largest absolute Gasteiger partial charge is 0.493 e. The van der Waals surface area contributed by atoms with Gasteiger partial charge in [-0.25, -0.2) is 4.39 Å². The molecular formula is C15H24FNO. The van der Waals surface area contributed by atoms with Crippen molar-refractivity contribution in [3.63, 3.8) is 0 Å². The Balaban J connectivity index is 2.64. The molecule has 18 heavy (non-hydrogen) atoms. The van der Waals surface area contributed by atoms with Gasteiger partial charge in [0.2, 0.25) is 0 Å². The summed E-state index contributed by atoms with van der Waals surface area (Å²) in [4.78, 5) is 0. The molecule has 0 aromatic heterocycles. The minimum Gasteiger partial charge on any atom is -0.493 e. The number of rotatable bonds is 7. The molecule has 0 fully saturated rings. The zero-order valence-corrected chi connectivity index (χ0v) is 11.8. The van der Waals surface area contributed by atoms with Gasteiger partial charge in [-0.2, -0.15) is 0 Å². The SMILES string of the molecule is CC(C)CCOc1ccc(F)cc1CNC(C)C. The van der Waals surface area contributed by atoms with Crippen LogP contribution >= 0.6 is 0 Å². The van der Waals surface area contributed by atoms with E-state index in [1.54, 1.807) is 12.1 Å². The monoisotopic (exact) mass is 253 g/mol. The van der Waals surface area contributed by atoms with E-state index in [-0.39, 0.29) is 5.82 Å². The highest BCUT2D eigenvalue weighted by atomic mass is 19.1. The highest BCUT2D eigenvalue weighted by molar-refractivity contribution is 5.33. The Labute approximate surface area is 110 Å². The van der Waals surface area contributed by atoms with Gasteiger partial charge in [0.25, 0.3) is 0 Å². The van der Waals surface area contributed by atoms with Crippen LogP contribution in [0.3, 0.4) is 0 Å². The Bertz CT molecular complexity index is 364. The lowest BCUT2D eigenvalue weighted by Gasteiger charge is -2.14. The summed E-state index contributed by atoms with van der Waals surface area (Å²) in [7, 11) is 0. The first-order valence-corrected chi connectivity index (χ1v) is 6.63. The summed E-state index contributed by atoms with van der Waals surface area (Å²) < 4.78 is 19.0. The Morgan fingerprint density at radius 2 is 1.94 bits per heavy atom. The zero-order valence-electron chi connectivity index (χ0n) is 11.8. The first-order chi connectivity index (χ1) is 8.49. The zero-order chi connectivity index (χ0) is 13.5. The maximum Gasteiger partial charge on any atom is 0.123 e. The topological polar surface area (TPSA) is 21.3 Å². The maximum absolute atomic E-state index is 13.2. The van der Waals surface area contributed by atoms with E-state index in [0.29, 0.717) is 25.1 Å². The van der Waals surface area contributed by atoms with E-state index in [1.807, 2.05) is 0 Å². The fourth-order valence-electron chi connectivity index (χ4n) is 1.55. The molecule has 0 amide bonds. The Hall–Kier alpha value is -1.09. The molecule has 1 rings (SSSR count). The molecule has 1 N–H and O–H groups in total. The van der Waals surface area contributed by atoms with E-state index >= 15 is 0 Å². The predicted molar refractivity (Wildman–Crippen MR) is 73.3 cm³/mol. The molecule has 0 radical (unpaired) electrons. The molecule has 102 valence electrons. The minimum absolute atomic E-state index is 0.216. The lowest BCUT2D eigenvalue weighted by molar-refractivity contribution is 0.285. The lowest BCUT2D eigenvalue weighted by Crippen LogP contribution is -2.22. The number of ether oxygens (including phenoxy) is 1. The van der Waals surface area contributed by atoms with Crippen molar-refractivity contribution in [2.45, 2.75) is 46.7 Å². The number of halogens is 1. The average molecular weight is 253 g/mol. The van der Waals surface area contributed by atoms with E-state index in [9.17, 15) is 4.39 Å². The molecule has 0 aliphatic rings. The van der Waals surface area contributed by atoms with Crippen LogP contribution < -0.4 is 10.1 Å². The van der Waals surface area contributed by atoms with Gasteiger partial charge in [-0.15, -0.1) is 0 Å². The second kappa shape index (κ2) is 7.37. The summed E-state index contributed by atoms with van der Waals surface area (Å²) in [6.07, 6.45) is 1.01. The average Bonchev–Trinajstić information content (AvgIpc) is 2.28. The summed E-state index contributed by atoms with van der Waals surface area (Å²) in [5, 5.41) is 3.28. The number of nitrogens with one attached hydrogen (secondary N) is 1. The van der Waals surface area contributed by atoms with Gasteiger partial charge in [0, 0.05) is 18.2 Å². The smallest absolute Gasteiger partial charge is 0.123 e. The number of benzene rings is 1. The van der Waals surface area contributed by atoms with Crippen LogP contribution in [0, 0.1) is 11.7 Å². The van der Waals surface area contributed by atoms with Crippen molar-refractivity contribution < 1.29 is 9.13 Å². The van der Waals surface area contributed by atoms with Crippen LogP contribution in [0.1, 0.15) is 39.7 Å². The number of hydrogen-bond acceptors (Lipinski definition) is 2. The lowest BCUT2D eigenvalue weighted by atomic mass is 10.1. The van der Waals surface area contributed by atoms with E-state index in [1.165, 1.54) is 6.07 Å². The predicted octanol–water partition coefficient (Wildman–Crippen LogP) is 3.75. The van der Waals surface area contributed by atoms with Gasteiger partial charge in [-0.3, -0.25) is 0 Å². The van der Waals surface area contributed by atoms with Crippen molar-refractivity contribution in [2.24, 2.45) is 5.92 Å². The van der Waals surface area contributed by atoms with E-state index < -0.39 is 0 Å². The third-order valence-electron chi connectivity index (χ3n) is 2.68. The molecule has 1 aromatic rings. The van der Waals surface area contributed by atoms with Gasteiger partial charge in [-0.05, 0) is 30.5 Å². The van der Waals surface area contributed by atoms with E-state index in [0.717, 1.165) is 17.7 Å². The third-order valence-corrected chi connectivity index (χ3v) is 2.68. The van der Waals surface area contributed by atoms with Crippen molar-refractivity contribution in [1.82, 2.24) is 5.32 Å². The Morgan fingerprint density at radius 1 is 1.22 bits per heavy atom. The van der Waals surface area contributed by atoms with Crippen LogP contribution in [0.25, 0.3) is 0 Å². The van der Waals surface area contributed by atoms with Gasteiger partial charge in [-0.1, -0.05) is 27.7 Å². The molecular weight excluding hydrogens is 229 g/mol. The first-order valence-electron chi connectivity index (χ1n) is 6.63. The van der Waals surface area contributed by atoms with Crippen LogP contribution in [-0.2, 0) is 6.54 Å². The molecule has 2 nitrogen and oxygen atoms in total. The Morgan fingerprint density at radius 3 is 2.56 bits per heavy atom. The Kier molecular flexibility index (Phi) is 6.13. The summed E-state index contributed by atoms with van der Waals surface area (Å²) in [6.45, 7) is 9.77. The van der Waals surface area contributed by atoms with Crippen molar-refractivity contribution >= 4 is 0 Å². The molecule has 0 bridgehead atoms. The van der Waals surface area contributed by atoms with Gasteiger partial charge in [0.05, 0.1) is 6.61 Å². The standard InChI is InChI=1S/C15H24FNO/c1-11(2)7-8-18-15-6-5-14(16)9-13(15)10-17-12(3)4/h5-6,9,11-12,17H,7-8,10H2,1-4H3. The third kappa shape index (κ3) is 5.50. The molecule has 0 saturated heterocycles. The minimum atomic E-state index is -0.216. The highest BCUT2D eigenvalue weighted by Gasteiger charge is 2.06. The van der Waals surface area contributed by atoms with Crippen molar-refractivity contribution in [1.29, 1.82) is 0 Å². The van der Waals surface area contributed by atoms with Gasteiger partial charge in [0.1, 0.15) is 11.6 Å². The van der Waals surface area contributed by atoms with Gasteiger partial charge < -0.3 is 10.1 Å². The van der Waals surface area contributed by atoms with Crippen LogP contribution in [0.15, 0.2) is 18.2 Å². The molecule has 0 aliphatic heterocycles. The molecule has 0 aliphatic carbocycles. The van der Waals surface area contributed by atoms with Crippen LogP contribution in [-0.4, -0.2) is 12.6 Å². The molecule has 1 aromatic carbocycles. The second-order valence-corrected chi connectivity index (χ2v) is 5.32. The molecule has 0 heterocycles. The van der Waals surface area contributed by atoms with Crippen LogP contribution in [0.4, 0.5) is 4.39 Å². The van der Waals surface area contributed by atoms with E-state index in [2.05, 4.69) is 33.0 Å².